The van der Waals surface area contributed by atoms with Crippen molar-refractivity contribution in [2.75, 3.05) is 19.8 Å². The van der Waals surface area contributed by atoms with Gasteiger partial charge in [0.25, 0.3) is 0 Å². The minimum Gasteiger partial charge on any atom is -0.481 e. The molecule has 2 saturated heterocycles. The molecule has 2 unspecified atom stereocenters. The fourth-order valence-corrected chi connectivity index (χ4v) is 7.34. The first-order valence-electron chi connectivity index (χ1n) is 13.2. The Bertz CT molecular complexity index is 1010. The van der Waals surface area contributed by atoms with Crippen LogP contribution in [0.15, 0.2) is 18.2 Å². The summed E-state index contributed by atoms with van der Waals surface area (Å²) in [6, 6.07) is 4.48. The molecule has 1 N–H and O–H groups in total. The van der Waals surface area contributed by atoms with Gasteiger partial charge in [0.15, 0.2) is 0 Å². The number of carbonyl (C=O) groups is 2. The zero-order chi connectivity index (χ0) is 25.7. The number of halogens is 3. The third-order valence-corrected chi connectivity index (χ3v) is 9.30. The SMILES string of the molecule is CC1C2Cc3ccc(C(F)(F)F)cc3CN2C(=O)[C@]12CC[C@@H](N(CCCC(=O)O)C1CCOCC1)C2. The number of hydrogen-bond donors (Lipinski definition) is 1. The van der Waals surface area contributed by atoms with Crippen molar-refractivity contribution in [3.05, 3.63) is 34.9 Å². The Hall–Kier alpha value is -2.13. The lowest BCUT2D eigenvalue weighted by molar-refractivity contribution is -0.138. The van der Waals surface area contributed by atoms with Crippen LogP contribution in [0.4, 0.5) is 13.2 Å². The molecule has 0 bridgehead atoms. The first-order chi connectivity index (χ1) is 17.1. The maximum atomic E-state index is 13.9. The molecule has 5 rings (SSSR count). The fraction of sp³-hybridized carbons (Fsp3) is 0.704. The van der Waals surface area contributed by atoms with Crippen molar-refractivity contribution in [2.45, 2.75) is 89.1 Å². The number of carboxylic acid groups (broad SMARTS) is 1. The summed E-state index contributed by atoms with van der Waals surface area (Å²) in [4.78, 5) is 29.3. The molecule has 3 aliphatic heterocycles. The Balaban J connectivity index is 1.35. The molecule has 0 radical (unpaired) electrons. The van der Waals surface area contributed by atoms with Crippen molar-refractivity contribution < 1.29 is 32.6 Å². The summed E-state index contributed by atoms with van der Waals surface area (Å²) < 4.78 is 45.4. The fourth-order valence-electron chi connectivity index (χ4n) is 7.34. The maximum Gasteiger partial charge on any atom is 0.416 e. The molecular formula is C27H35F3N2O4. The van der Waals surface area contributed by atoms with Crippen molar-refractivity contribution in [3.63, 3.8) is 0 Å². The zero-order valence-corrected chi connectivity index (χ0v) is 20.7. The van der Waals surface area contributed by atoms with Gasteiger partial charge in [0.05, 0.1) is 11.0 Å². The van der Waals surface area contributed by atoms with Crippen LogP contribution in [0.1, 0.15) is 68.6 Å². The van der Waals surface area contributed by atoms with Gasteiger partial charge in [-0.1, -0.05) is 13.0 Å². The number of amides is 1. The smallest absolute Gasteiger partial charge is 0.416 e. The molecule has 4 atom stereocenters. The highest BCUT2D eigenvalue weighted by atomic mass is 19.4. The van der Waals surface area contributed by atoms with E-state index in [9.17, 15) is 22.8 Å². The van der Waals surface area contributed by atoms with E-state index in [0.717, 1.165) is 43.7 Å². The van der Waals surface area contributed by atoms with Crippen molar-refractivity contribution in [1.29, 1.82) is 0 Å². The van der Waals surface area contributed by atoms with E-state index in [-0.39, 0.29) is 36.9 Å². The molecule has 1 saturated carbocycles. The third kappa shape index (κ3) is 4.53. The summed E-state index contributed by atoms with van der Waals surface area (Å²) in [7, 11) is 0. The number of carboxylic acids is 1. The van der Waals surface area contributed by atoms with Gasteiger partial charge in [0.2, 0.25) is 5.91 Å². The molecule has 1 aliphatic carbocycles. The lowest BCUT2D eigenvalue weighted by Crippen LogP contribution is -2.46. The summed E-state index contributed by atoms with van der Waals surface area (Å²) in [5.74, 6) is -0.599. The van der Waals surface area contributed by atoms with Crippen LogP contribution in [0.3, 0.4) is 0 Å². The van der Waals surface area contributed by atoms with Crippen LogP contribution in [-0.2, 0) is 33.5 Å². The number of hydrogen-bond acceptors (Lipinski definition) is 4. The Kier molecular flexibility index (Phi) is 6.83. The minimum atomic E-state index is -4.40. The van der Waals surface area contributed by atoms with Crippen LogP contribution in [0.2, 0.25) is 0 Å². The molecule has 9 heteroatoms. The molecule has 198 valence electrons. The van der Waals surface area contributed by atoms with Crippen molar-refractivity contribution >= 4 is 11.9 Å². The van der Waals surface area contributed by atoms with E-state index in [4.69, 9.17) is 9.84 Å². The predicted molar refractivity (Wildman–Crippen MR) is 126 cm³/mol. The molecule has 36 heavy (non-hydrogen) atoms. The van der Waals surface area contributed by atoms with Crippen LogP contribution in [0.25, 0.3) is 0 Å². The van der Waals surface area contributed by atoms with Gasteiger partial charge in [0.1, 0.15) is 0 Å². The van der Waals surface area contributed by atoms with Crippen LogP contribution >= 0.6 is 0 Å². The Labute approximate surface area is 209 Å². The number of alkyl halides is 3. The second-order valence-electron chi connectivity index (χ2n) is 11.1. The highest BCUT2D eigenvalue weighted by Crippen LogP contribution is 2.55. The molecule has 0 aromatic heterocycles. The van der Waals surface area contributed by atoms with Gasteiger partial charge in [-0.3, -0.25) is 14.5 Å². The second-order valence-corrected chi connectivity index (χ2v) is 11.1. The molecule has 1 aromatic carbocycles. The third-order valence-electron chi connectivity index (χ3n) is 9.30. The van der Waals surface area contributed by atoms with E-state index in [2.05, 4.69) is 11.8 Å². The monoisotopic (exact) mass is 508 g/mol. The van der Waals surface area contributed by atoms with Gasteiger partial charge in [-0.15, -0.1) is 0 Å². The molecule has 3 fully saturated rings. The topological polar surface area (TPSA) is 70.1 Å². The lowest BCUT2D eigenvalue weighted by atomic mass is 9.73. The van der Waals surface area contributed by atoms with E-state index in [1.807, 2.05) is 4.90 Å². The average molecular weight is 509 g/mol. The van der Waals surface area contributed by atoms with Gasteiger partial charge >= 0.3 is 12.1 Å². The van der Waals surface area contributed by atoms with Crippen molar-refractivity contribution in [2.24, 2.45) is 11.3 Å². The van der Waals surface area contributed by atoms with E-state index < -0.39 is 23.1 Å². The van der Waals surface area contributed by atoms with Crippen molar-refractivity contribution in [3.8, 4) is 0 Å². The number of carbonyl (C=O) groups excluding carboxylic acids is 1. The number of rotatable bonds is 6. The molecule has 6 nitrogen and oxygen atoms in total. The largest absolute Gasteiger partial charge is 0.481 e. The second kappa shape index (κ2) is 9.63. The number of ether oxygens (including phenoxy) is 1. The van der Waals surface area contributed by atoms with Gasteiger partial charge in [-0.25, -0.2) is 0 Å². The van der Waals surface area contributed by atoms with E-state index >= 15 is 0 Å². The van der Waals surface area contributed by atoms with E-state index in [1.165, 1.54) is 6.07 Å². The summed E-state index contributed by atoms with van der Waals surface area (Å²) in [6.07, 6.45) is 1.09. The number of aliphatic carboxylic acids is 1. The first-order valence-corrected chi connectivity index (χ1v) is 13.2. The number of nitrogens with zero attached hydrogens (tertiary/aromatic N) is 2. The highest BCUT2D eigenvalue weighted by Gasteiger charge is 2.61. The normalized spacial score (nSPS) is 30.8. The molecule has 3 heterocycles. The highest BCUT2D eigenvalue weighted by molar-refractivity contribution is 5.87. The summed E-state index contributed by atoms with van der Waals surface area (Å²) in [6.45, 7) is 4.47. The Morgan fingerprint density at radius 2 is 1.94 bits per heavy atom. The summed E-state index contributed by atoms with van der Waals surface area (Å²) in [5.41, 5.74) is 0.350. The molecule has 4 aliphatic rings. The van der Waals surface area contributed by atoms with Crippen LogP contribution in [0, 0.1) is 11.3 Å². The first kappa shape index (κ1) is 25.5. The number of benzene rings is 1. The summed E-state index contributed by atoms with van der Waals surface area (Å²) in [5, 5.41) is 9.14. The van der Waals surface area contributed by atoms with Crippen LogP contribution in [0.5, 0.6) is 0 Å². The quantitative estimate of drug-likeness (QED) is 0.613. The summed E-state index contributed by atoms with van der Waals surface area (Å²) >= 11 is 0. The zero-order valence-electron chi connectivity index (χ0n) is 20.7. The van der Waals surface area contributed by atoms with Crippen molar-refractivity contribution in [1.82, 2.24) is 9.80 Å². The van der Waals surface area contributed by atoms with Gasteiger partial charge in [0, 0.05) is 44.3 Å². The Morgan fingerprint density at radius 3 is 2.64 bits per heavy atom. The van der Waals surface area contributed by atoms with Crippen LogP contribution < -0.4 is 0 Å². The Morgan fingerprint density at radius 1 is 1.19 bits per heavy atom. The van der Waals surface area contributed by atoms with Gasteiger partial charge in [-0.05, 0) is 80.7 Å². The average Bonchev–Trinajstić information content (AvgIpc) is 3.37. The predicted octanol–water partition coefficient (Wildman–Crippen LogP) is 4.49. The molecule has 1 spiro atoms. The molecular weight excluding hydrogens is 473 g/mol. The molecule has 1 aromatic rings. The standard InChI is InChI=1S/C27H35F3N2O4/c1-17-23-14-18-4-5-20(27(28,29)30)13-19(18)16-32(23)25(35)26(17)9-6-22(15-26)31(10-2-3-24(33)34)21-7-11-36-12-8-21/h4-5,13,17,21-23H,2-3,6-12,14-16H2,1H3,(H,33,34)/t17?,22-,23?,26+/m1/s1. The van der Waals surface area contributed by atoms with Gasteiger partial charge in [-0.2, -0.15) is 13.2 Å². The van der Waals surface area contributed by atoms with E-state index in [0.29, 0.717) is 44.2 Å². The minimum absolute atomic E-state index is 0.00373. The maximum absolute atomic E-state index is 13.9. The van der Waals surface area contributed by atoms with E-state index in [1.54, 1.807) is 6.07 Å². The molecule has 1 amide bonds. The lowest BCUT2D eigenvalue weighted by Gasteiger charge is -2.39. The van der Waals surface area contributed by atoms with Crippen LogP contribution in [-0.4, -0.2) is 64.7 Å². The van der Waals surface area contributed by atoms with Gasteiger partial charge < -0.3 is 14.7 Å². The number of fused-ring (bicyclic) bond motifs is 2.